The molecule has 1 saturated heterocycles. The average molecular weight is 465 g/mol. The van der Waals surface area contributed by atoms with Gasteiger partial charge in [0, 0.05) is 0 Å². The number of allylic oxidation sites excluding steroid dienone is 9. The van der Waals surface area contributed by atoms with Crippen LogP contribution in [0.3, 0.4) is 0 Å². The third-order valence-corrected chi connectivity index (χ3v) is 4.39. The Hall–Kier alpha value is -0.142. The van der Waals surface area contributed by atoms with Crippen LogP contribution in [0.25, 0.3) is 0 Å². The molecule has 1 fully saturated rings. The van der Waals surface area contributed by atoms with Gasteiger partial charge in [0.1, 0.15) is 0 Å². The molecule has 0 spiro atoms. The van der Waals surface area contributed by atoms with Crippen LogP contribution < -0.4 is 0 Å². The van der Waals surface area contributed by atoms with Gasteiger partial charge in [-0.2, -0.15) is 12.2 Å². The summed E-state index contributed by atoms with van der Waals surface area (Å²) >= 11 is 5.48. The number of hydrogen-bond donors (Lipinski definition) is 0. The minimum atomic E-state index is -0.339. The zero-order valence-corrected chi connectivity index (χ0v) is 20.8. The molecule has 1 radical (unpaired) electrons. The molecule has 3 rings (SSSR count). The summed E-state index contributed by atoms with van der Waals surface area (Å²) in [5.41, 5.74) is -0.420. The Labute approximate surface area is 191 Å². The van der Waals surface area contributed by atoms with E-state index in [0.717, 1.165) is 6.42 Å². The summed E-state index contributed by atoms with van der Waals surface area (Å²) in [5, 5.41) is 0.0324. The van der Waals surface area contributed by atoms with Crippen LogP contribution in [0.4, 0.5) is 0 Å². The molecule has 0 aromatic rings. The molecule has 0 bridgehead atoms. The van der Waals surface area contributed by atoms with Crippen LogP contribution in [0.1, 0.15) is 54.9 Å². The molecular weight excluding hydrogens is 434 g/mol. The van der Waals surface area contributed by atoms with Gasteiger partial charge in [0.15, 0.2) is 0 Å². The first-order valence-corrected chi connectivity index (χ1v) is 9.44. The molecule has 0 amide bonds. The van der Waals surface area contributed by atoms with E-state index in [1.54, 1.807) is 0 Å². The van der Waals surface area contributed by atoms with E-state index in [1.807, 2.05) is 64.2 Å². The molecule has 0 N–H and O–H groups in total. The number of rotatable bonds is 1. The molecule has 1 aliphatic heterocycles. The van der Waals surface area contributed by atoms with E-state index < -0.39 is 0 Å². The van der Waals surface area contributed by atoms with Gasteiger partial charge < -0.3 is 15.3 Å². The first kappa shape index (κ1) is 26.9. The number of halogens is 1. The maximum atomic E-state index is 5.79. The van der Waals surface area contributed by atoms with Gasteiger partial charge in [0.25, 0.3) is 7.12 Å². The Kier molecular flexibility index (Phi) is 11.7. The fraction of sp³-hybridized carbons (Fsp3) is 0.545. The molecule has 0 saturated carbocycles. The second-order valence-corrected chi connectivity index (χ2v) is 8.86. The van der Waals surface area contributed by atoms with Crippen molar-refractivity contribution in [3.8, 4) is 0 Å². The van der Waals surface area contributed by atoms with E-state index >= 15 is 0 Å². The summed E-state index contributed by atoms with van der Waals surface area (Å²) in [4.78, 5) is 0. The monoisotopic (exact) mass is 463 g/mol. The van der Waals surface area contributed by atoms with Crippen molar-refractivity contribution in [2.45, 2.75) is 71.5 Å². The number of hydrogen-bond acceptors (Lipinski definition) is 2. The average Bonchev–Trinajstić information content (AvgIpc) is 3.22. The first-order chi connectivity index (χ1) is 11.9. The molecule has 1 heterocycles. The van der Waals surface area contributed by atoms with Crippen molar-refractivity contribution in [1.82, 2.24) is 0 Å². The zero-order chi connectivity index (χ0) is 19.8. The standard InChI is InChI=1S/C12H22BO2.C5H4Cl.C5H5.Zr/c1-10(2,3)8-9-13-14-11(4,5)12(6,7)15-13;6-5-3-1-2-4-5;1-2-4-5-3-1;/h8H,1-7H3;1-3,5H;1-3H,4H2;/q3*-1;+3. The van der Waals surface area contributed by atoms with Crippen LogP contribution in [0.15, 0.2) is 42.5 Å². The second-order valence-electron chi connectivity index (χ2n) is 8.39. The van der Waals surface area contributed by atoms with Crippen LogP contribution in [0, 0.1) is 23.5 Å². The maximum Gasteiger partial charge on any atom is 3.00 e. The molecule has 1 unspecified atom stereocenters. The summed E-state index contributed by atoms with van der Waals surface area (Å²) in [6, 6.07) is 0. The van der Waals surface area contributed by atoms with Gasteiger partial charge in [0.05, 0.1) is 11.2 Å². The Balaban J connectivity index is 0.000000458. The molecule has 2 nitrogen and oxygen atoms in total. The normalized spacial score (nSPS) is 23.7. The zero-order valence-electron chi connectivity index (χ0n) is 17.6. The van der Waals surface area contributed by atoms with Crippen LogP contribution in [-0.2, 0) is 35.5 Å². The van der Waals surface area contributed by atoms with Gasteiger partial charge in [-0.05, 0) is 33.1 Å². The Bertz CT molecular complexity index is 546. The summed E-state index contributed by atoms with van der Waals surface area (Å²) in [5.74, 6) is 3.16. The molecule has 5 heteroatoms. The van der Waals surface area contributed by atoms with E-state index in [-0.39, 0.29) is 55.3 Å². The van der Waals surface area contributed by atoms with Crippen molar-refractivity contribution in [2.24, 2.45) is 5.41 Å². The molecule has 0 aromatic heterocycles. The predicted molar refractivity (Wildman–Crippen MR) is 112 cm³/mol. The minimum Gasteiger partial charge on any atom is -0.466 e. The van der Waals surface area contributed by atoms with Crippen molar-refractivity contribution >= 4 is 18.7 Å². The molecule has 27 heavy (non-hydrogen) atoms. The van der Waals surface area contributed by atoms with E-state index in [0.29, 0.717) is 0 Å². The summed E-state index contributed by atoms with van der Waals surface area (Å²) in [6.07, 6.45) is 20.4. The molecular formula is C22H31BClO2Zr. The van der Waals surface area contributed by atoms with Crippen molar-refractivity contribution in [3.63, 3.8) is 0 Å². The summed E-state index contributed by atoms with van der Waals surface area (Å²) < 4.78 is 11.6. The van der Waals surface area contributed by atoms with Crippen molar-refractivity contribution in [3.05, 3.63) is 60.7 Å². The van der Waals surface area contributed by atoms with Gasteiger partial charge in [-0.15, -0.1) is 18.0 Å². The van der Waals surface area contributed by atoms with Gasteiger partial charge in [-0.25, -0.2) is 24.3 Å². The Morgan fingerprint density at radius 2 is 1.70 bits per heavy atom. The second kappa shape index (κ2) is 11.8. The van der Waals surface area contributed by atoms with E-state index in [9.17, 15) is 0 Å². The fourth-order valence-corrected chi connectivity index (χ4v) is 2.08. The van der Waals surface area contributed by atoms with Crippen molar-refractivity contribution in [1.29, 1.82) is 0 Å². The van der Waals surface area contributed by atoms with Crippen molar-refractivity contribution in [2.75, 3.05) is 0 Å². The van der Waals surface area contributed by atoms with Crippen LogP contribution >= 0.6 is 11.6 Å². The van der Waals surface area contributed by atoms with Crippen LogP contribution in [0.2, 0.25) is 0 Å². The quantitative estimate of drug-likeness (QED) is 0.275. The summed E-state index contributed by atoms with van der Waals surface area (Å²) in [6.45, 7) is 14.6. The smallest absolute Gasteiger partial charge is 0.466 e. The third-order valence-electron chi connectivity index (χ3n) is 4.12. The fourth-order valence-electron chi connectivity index (χ4n) is 1.93. The molecule has 3 aliphatic rings. The Morgan fingerprint density at radius 1 is 1.11 bits per heavy atom. The third kappa shape index (κ3) is 10.8. The van der Waals surface area contributed by atoms with Crippen molar-refractivity contribution < 1.29 is 35.5 Å². The van der Waals surface area contributed by atoms with E-state index in [4.69, 9.17) is 20.9 Å². The molecule has 145 valence electrons. The van der Waals surface area contributed by atoms with Crippen LogP contribution in [-0.4, -0.2) is 23.7 Å². The van der Waals surface area contributed by atoms with E-state index in [2.05, 4.69) is 45.0 Å². The van der Waals surface area contributed by atoms with Crippen LogP contribution in [0.5, 0.6) is 0 Å². The molecule has 1 atom stereocenters. The van der Waals surface area contributed by atoms with Gasteiger partial charge >= 0.3 is 26.2 Å². The first-order valence-electron chi connectivity index (χ1n) is 9.01. The minimum absolute atomic E-state index is 0. The van der Waals surface area contributed by atoms with E-state index in [1.165, 1.54) is 0 Å². The Morgan fingerprint density at radius 3 is 1.96 bits per heavy atom. The topological polar surface area (TPSA) is 18.5 Å². The maximum absolute atomic E-state index is 5.79. The molecule has 0 aromatic carbocycles. The largest absolute Gasteiger partial charge is 3.00 e. The van der Waals surface area contributed by atoms with Gasteiger partial charge in [-0.1, -0.05) is 26.2 Å². The summed E-state index contributed by atoms with van der Waals surface area (Å²) in [7, 11) is -0.339. The molecule has 2 aliphatic carbocycles. The predicted octanol–water partition coefficient (Wildman–Crippen LogP) is 5.85. The van der Waals surface area contributed by atoms with Gasteiger partial charge in [-0.3, -0.25) is 18.2 Å². The SMILES string of the molecule is CC(C)(C)C=[C-]B1OC(C)(C)C(C)(C)O1.ClC1[C-]=CC=C1.[C-]1=CC=CC1.[Zr+3]. The van der Waals surface area contributed by atoms with Gasteiger partial charge in [0.2, 0.25) is 0 Å². The number of alkyl halides is 1.